The first-order valence-electron chi connectivity index (χ1n) is 7.08. The fourth-order valence-electron chi connectivity index (χ4n) is 2.58. The van der Waals surface area contributed by atoms with Gasteiger partial charge in [0.25, 0.3) is 0 Å². The molecule has 1 aliphatic rings. The van der Waals surface area contributed by atoms with Crippen molar-refractivity contribution in [2.24, 2.45) is 5.92 Å². The summed E-state index contributed by atoms with van der Waals surface area (Å²) >= 11 is 0. The maximum Gasteiger partial charge on any atom is 0.323 e. The molecule has 0 bridgehead atoms. The van der Waals surface area contributed by atoms with Crippen LogP contribution in [0.1, 0.15) is 32.6 Å². The van der Waals surface area contributed by atoms with Crippen LogP contribution in [-0.4, -0.2) is 13.1 Å². The van der Waals surface area contributed by atoms with Crippen molar-refractivity contribution in [3.63, 3.8) is 0 Å². The number of amides is 2. The maximum absolute atomic E-state index is 11.9. The van der Waals surface area contributed by atoms with Crippen molar-refractivity contribution in [2.75, 3.05) is 12.4 Å². The number of urea groups is 1. The van der Waals surface area contributed by atoms with Gasteiger partial charge in [-0.1, -0.05) is 30.5 Å². The van der Waals surface area contributed by atoms with Gasteiger partial charge in [-0.3, -0.25) is 0 Å². The summed E-state index contributed by atoms with van der Waals surface area (Å²) in [7, 11) is 1.59. The third-order valence-electron chi connectivity index (χ3n) is 3.79. The second-order valence-corrected chi connectivity index (χ2v) is 5.17. The number of hydrogen-bond donors (Lipinski definition) is 2. The van der Waals surface area contributed by atoms with Crippen LogP contribution in [0, 0.1) is 5.92 Å². The minimum atomic E-state index is -0.244. The molecule has 0 aliphatic heterocycles. The fourth-order valence-corrected chi connectivity index (χ4v) is 2.58. The van der Waals surface area contributed by atoms with E-state index in [-0.39, 0.29) is 6.03 Å². The predicted octanol–water partition coefficient (Wildman–Crippen LogP) is 3.91. The molecule has 0 radical (unpaired) electrons. The van der Waals surface area contributed by atoms with E-state index in [2.05, 4.69) is 17.6 Å². The molecule has 1 aromatic carbocycles. The van der Waals surface area contributed by atoms with Gasteiger partial charge >= 0.3 is 6.03 Å². The molecule has 4 nitrogen and oxygen atoms in total. The highest BCUT2D eigenvalue weighted by Gasteiger charge is 2.16. The Morgan fingerprint density at radius 1 is 1.30 bits per heavy atom. The number of ether oxygens (including phenoxy) is 1. The summed E-state index contributed by atoms with van der Waals surface area (Å²) in [6.07, 6.45) is 6.88. The molecule has 108 valence electrons. The molecule has 0 aromatic heterocycles. The Bertz CT molecular complexity index is 491. The van der Waals surface area contributed by atoms with Crippen molar-refractivity contribution in [1.82, 2.24) is 5.32 Å². The summed E-state index contributed by atoms with van der Waals surface area (Å²) in [5.74, 6) is 1.28. The van der Waals surface area contributed by atoms with Gasteiger partial charge in [0.05, 0.1) is 12.8 Å². The van der Waals surface area contributed by atoms with Crippen LogP contribution >= 0.6 is 0 Å². The molecule has 0 unspecified atom stereocenters. The average Bonchev–Trinajstić information content (AvgIpc) is 2.99. The molecule has 1 fully saturated rings. The van der Waals surface area contributed by atoms with Gasteiger partial charge in [0.15, 0.2) is 0 Å². The molecule has 2 amide bonds. The lowest BCUT2D eigenvalue weighted by Gasteiger charge is -2.12. The lowest BCUT2D eigenvalue weighted by atomic mass is 10.0. The number of methoxy groups -OCH3 is 1. The van der Waals surface area contributed by atoms with Crippen molar-refractivity contribution in [2.45, 2.75) is 32.6 Å². The Hall–Kier alpha value is -1.97. The summed E-state index contributed by atoms with van der Waals surface area (Å²) < 4.78 is 5.20. The number of rotatable bonds is 4. The number of allylic oxidation sites excluding steroid dienone is 1. The first kappa shape index (κ1) is 14.4. The topological polar surface area (TPSA) is 50.4 Å². The molecular weight excluding hydrogens is 252 g/mol. The first-order valence-corrected chi connectivity index (χ1v) is 7.08. The summed E-state index contributed by atoms with van der Waals surface area (Å²) in [5, 5.41) is 5.58. The highest BCUT2D eigenvalue weighted by molar-refractivity contribution is 5.91. The van der Waals surface area contributed by atoms with E-state index in [1.54, 1.807) is 7.11 Å². The lowest BCUT2D eigenvalue weighted by molar-refractivity contribution is 0.255. The van der Waals surface area contributed by atoms with Gasteiger partial charge in [-0.05, 0) is 37.8 Å². The van der Waals surface area contributed by atoms with Crippen LogP contribution in [0.25, 0.3) is 0 Å². The first-order chi connectivity index (χ1) is 9.70. The molecule has 1 aromatic rings. The number of para-hydroxylation sites is 2. The third kappa shape index (κ3) is 3.76. The highest BCUT2D eigenvalue weighted by Crippen LogP contribution is 2.30. The zero-order valence-electron chi connectivity index (χ0n) is 12.1. The molecule has 20 heavy (non-hydrogen) atoms. The Morgan fingerprint density at radius 3 is 2.70 bits per heavy atom. The van der Waals surface area contributed by atoms with E-state index in [0.717, 1.165) is 0 Å². The van der Waals surface area contributed by atoms with E-state index in [4.69, 9.17) is 4.74 Å². The van der Waals surface area contributed by atoms with E-state index in [0.29, 0.717) is 17.4 Å². The number of hydrogen-bond acceptors (Lipinski definition) is 2. The number of anilines is 1. The fraction of sp³-hybridized carbons (Fsp3) is 0.438. The van der Waals surface area contributed by atoms with E-state index in [1.807, 2.05) is 30.5 Å². The molecule has 2 rings (SSSR count). The number of carbonyl (C=O) groups excluding carboxylic acids is 1. The zero-order chi connectivity index (χ0) is 14.4. The predicted molar refractivity (Wildman–Crippen MR) is 80.9 cm³/mol. The second-order valence-electron chi connectivity index (χ2n) is 5.17. The minimum Gasteiger partial charge on any atom is -0.495 e. The average molecular weight is 274 g/mol. The largest absolute Gasteiger partial charge is 0.495 e. The Labute approximate surface area is 120 Å². The van der Waals surface area contributed by atoms with Crippen molar-refractivity contribution < 1.29 is 9.53 Å². The maximum atomic E-state index is 11.9. The Morgan fingerprint density at radius 2 is 2.00 bits per heavy atom. The molecular formula is C16H22N2O2. The van der Waals surface area contributed by atoms with Crippen LogP contribution in [0.5, 0.6) is 5.75 Å². The lowest BCUT2D eigenvalue weighted by Crippen LogP contribution is -2.25. The van der Waals surface area contributed by atoms with Crippen LogP contribution in [0.2, 0.25) is 0 Å². The number of benzene rings is 1. The van der Waals surface area contributed by atoms with Crippen LogP contribution < -0.4 is 15.4 Å². The van der Waals surface area contributed by atoms with Crippen LogP contribution in [-0.2, 0) is 0 Å². The smallest absolute Gasteiger partial charge is 0.323 e. The van der Waals surface area contributed by atoms with Gasteiger partial charge in [-0.2, -0.15) is 0 Å². The van der Waals surface area contributed by atoms with Gasteiger partial charge in [0, 0.05) is 6.20 Å². The van der Waals surface area contributed by atoms with E-state index >= 15 is 0 Å². The second kappa shape index (κ2) is 6.98. The standard InChI is InChI=1S/C16H22N2O2/c1-12(13-7-3-4-8-13)11-17-16(19)18-14-9-5-6-10-15(14)20-2/h5-6,9-11,13H,3-4,7-8H2,1-2H3,(H2,17,18,19)/b12-11+. The summed E-state index contributed by atoms with van der Waals surface area (Å²) in [6, 6.07) is 7.11. The molecule has 0 atom stereocenters. The molecule has 0 heterocycles. The van der Waals surface area contributed by atoms with Gasteiger partial charge < -0.3 is 15.4 Å². The molecule has 4 heteroatoms. The van der Waals surface area contributed by atoms with Crippen LogP contribution in [0.3, 0.4) is 0 Å². The summed E-state index contributed by atoms with van der Waals surface area (Å²) in [5.41, 5.74) is 1.91. The summed E-state index contributed by atoms with van der Waals surface area (Å²) in [6.45, 7) is 2.08. The monoisotopic (exact) mass is 274 g/mol. The highest BCUT2D eigenvalue weighted by atomic mass is 16.5. The normalized spacial score (nSPS) is 16.0. The van der Waals surface area contributed by atoms with Gasteiger partial charge in [-0.15, -0.1) is 0 Å². The SMILES string of the molecule is COc1ccccc1NC(=O)N/C=C(\C)C1CCCC1. The zero-order valence-corrected chi connectivity index (χ0v) is 12.1. The number of carbonyl (C=O) groups is 1. The van der Waals surface area contributed by atoms with Gasteiger partial charge in [-0.25, -0.2) is 4.79 Å². The van der Waals surface area contributed by atoms with Crippen molar-refractivity contribution in [1.29, 1.82) is 0 Å². The molecule has 0 spiro atoms. The van der Waals surface area contributed by atoms with Crippen LogP contribution in [0.4, 0.5) is 10.5 Å². The third-order valence-corrected chi connectivity index (χ3v) is 3.79. The molecule has 2 N–H and O–H groups in total. The van der Waals surface area contributed by atoms with E-state index < -0.39 is 0 Å². The van der Waals surface area contributed by atoms with Crippen molar-refractivity contribution in [3.05, 3.63) is 36.0 Å². The van der Waals surface area contributed by atoms with Gasteiger partial charge in [0.2, 0.25) is 0 Å². The Balaban J connectivity index is 1.90. The quantitative estimate of drug-likeness (QED) is 0.874. The minimum absolute atomic E-state index is 0.244. The van der Waals surface area contributed by atoms with E-state index in [1.165, 1.54) is 31.3 Å². The van der Waals surface area contributed by atoms with Gasteiger partial charge in [0.1, 0.15) is 5.75 Å². The molecule has 1 saturated carbocycles. The summed E-state index contributed by atoms with van der Waals surface area (Å²) in [4.78, 5) is 11.9. The molecule has 1 aliphatic carbocycles. The van der Waals surface area contributed by atoms with Crippen LogP contribution in [0.15, 0.2) is 36.0 Å². The van der Waals surface area contributed by atoms with Crippen molar-refractivity contribution >= 4 is 11.7 Å². The molecule has 0 saturated heterocycles. The van der Waals surface area contributed by atoms with E-state index in [9.17, 15) is 4.79 Å². The van der Waals surface area contributed by atoms with Crippen molar-refractivity contribution in [3.8, 4) is 5.75 Å². The Kier molecular flexibility index (Phi) is 5.04. The number of nitrogens with one attached hydrogen (secondary N) is 2.